The molecule has 7 aromatic rings. The Kier molecular flexibility index (Phi) is 10.3. The minimum atomic E-state index is -5.53. The predicted molar refractivity (Wildman–Crippen MR) is 248 cm³/mol. The van der Waals surface area contributed by atoms with Crippen LogP contribution in [0.5, 0.6) is 0 Å². The van der Waals surface area contributed by atoms with Crippen LogP contribution in [0.1, 0.15) is 0 Å². The molecule has 0 saturated heterocycles. The van der Waals surface area contributed by atoms with Crippen LogP contribution in [0.2, 0.25) is 0 Å². The van der Waals surface area contributed by atoms with Crippen molar-refractivity contribution in [1.82, 2.24) is 61.1 Å². The number of rotatable bonds is 13. The summed E-state index contributed by atoms with van der Waals surface area (Å²) in [5.41, 5.74) is 5.96. The van der Waals surface area contributed by atoms with Gasteiger partial charge in [-0.05, 0) is 0 Å². The van der Waals surface area contributed by atoms with Crippen LogP contribution < -0.4 is 25.4 Å². The molecule has 5 heterocycles. The monoisotopic (exact) mass is 857 g/mol. The van der Waals surface area contributed by atoms with Gasteiger partial charge in [-0.2, -0.15) is 0 Å². The van der Waals surface area contributed by atoms with Crippen molar-refractivity contribution in [3.8, 4) is 45.6 Å². The van der Waals surface area contributed by atoms with Crippen molar-refractivity contribution >= 4 is 48.3 Å². The molecule has 0 radical (unpaired) electrons. The Labute approximate surface area is 355 Å². The van der Waals surface area contributed by atoms with Crippen molar-refractivity contribution in [2.45, 2.75) is 18.5 Å². The summed E-state index contributed by atoms with van der Waals surface area (Å²) in [7, 11) is 7.98. The zero-order chi connectivity index (χ0) is 42.5. The summed E-state index contributed by atoms with van der Waals surface area (Å²) >= 11 is -5.53. The van der Waals surface area contributed by atoms with E-state index in [-0.39, 0.29) is 18.5 Å². The van der Waals surface area contributed by atoms with Crippen LogP contribution in [0, 0.1) is 0 Å². The number of nitrogens with one attached hydrogen (secondary N) is 6. The molecule has 4 aromatic carbocycles. The van der Waals surface area contributed by atoms with Crippen LogP contribution in [0.4, 0.5) is 0 Å². The Morgan fingerprint density at radius 2 is 0.754 bits per heavy atom. The van der Waals surface area contributed by atoms with E-state index >= 15 is 0 Å². The number of nitrogens with zero attached hydrogens (tertiary/aromatic N) is 6. The first-order valence-corrected chi connectivity index (χ1v) is 29.4. The van der Waals surface area contributed by atoms with Crippen LogP contribution in [0.3, 0.4) is 0 Å². The summed E-state index contributed by atoms with van der Waals surface area (Å²) in [5.74, 6) is 2.14. The molecule has 4 unspecified atom stereocenters. The molecule has 61 heavy (non-hydrogen) atoms. The SMILES string of the molecule is C=C[CH](NC)[Zn]([c]1cccc2c3nc4nc(nc5[nH]c(nc6nc(nc([nH]3)c12)-c1ccccc1-6)c1ccccc51)-c1ccccc1-4)([CH](C=C)NC)([CH](C=C)NC)[CH](C=C)NC. The van der Waals surface area contributed by atoms with Crippen LogP contribution in [-0.4, -0.2) is 86.6 Å². The summed E-state index contributed by atoms with van der Waals surface area (Å²) in [6.07, 6.45) is 8.17. The minimum absolute atomic E-state index is 0.237. The van der Waals surface area contributed by atoms with Crippen molar-refractivity contribution in [1.29, 1.82) is 0 Å². The number of H-pyrrole nitrogens is 2. The predicted octanol–water partition coefficient (Wildman–Crippen LogP) is 7.11. The summed E-state index contributed by atoms with van der Waals surface area (Å²) < 4.78 is 0.163. The number of likely N-dealkylation sites (N-methyl/N-ethyl adjacent to an activating group) is 4. The Morgan fingerprint density at radius 3 is 1.13 bits per heavy atom. The van der Waals surface area contributed by atoms with E-state index in [4.69, 9.17) is 29.9 Å². The van der Waals surface area contributed by atoms with Gasteiger partial charge in [-0.3, -0.25) is 0 Å². The number of hydrogen-bond acceptors (Lipinski definition) is 10. The number of hydrogen-bond donors (Lipinski definition) is 6. The van der Waals surface area contributed by atoms with E-state index in [1.807, 2.05) is 125 Å². The average molecular weight is 859 g/mol. The molecule has 0 aliphatic carbocycles. The molecule has 2 aliphatic heterocycles. The summed E-state index contributed by atoms with van der Waals surface area (Å²) in [5, 5.41) is 18.6. The number of benzene rings is 4. The third-order valence-electron chi connectivity index (χ3n) is 15.1. The fourth-order valence-electron chi connectivity index (χ4n) is 12.8. The van der Waals surface area contributed by atoms with Gasteiger partial charge in [0, 0.05) is 0 Å². The van der Waals surface area contributed by atoms with Crippen LogP contribution >= 0.6 is 0 Å². The van der Waals surface area contributed by atoms with Gasteiger partial charge in [-0.15, -0.1) is 0 Å². The molecule has 0 spiro atoms. The Bertz CT molecular complexity index is 3010. The topological polar surface area (TPSA) is 157 Å². The third kappa shape index (κ3) is 5.55. The molecule has 12 nitrogen and oxygen atoms in total. The molecule has 0 saturated carbocycles. The molecule has 3 aromatic heterocycles. The maximum absolute atomic E-state index is 5.53. The molecule has 2 aliphatic rings. The Balaban J connectivity index is 1.56. The number of aromatic amines is 2. The van der Waals surface area contributed by atoms with Gasteiger partial charge in [0.25, 0.3) is 0 Å². The standard InChI is InChI=1S/C32H17N8.4C4H8N.Zn/c1-2-10-18-17(9-1)25-33-26(18)38-28-21-13-5-6-14-22(21)30(35-28)40-32-24-16-8-7-15-23(24)31(36-32)39-29-20-12-4-3-11-19(20)27(34-29)37-25;4*1-3-4-5-2;/h1-15H,(H2,33,34,35,36,37,38,39,40);4*3-5H,1H2,2H3;. The Hall–Kier alpha value is -6.34. The summed E-state index contributed by atoms with van der Waals surface area (Å²) in [6, 6.07) is 30.7. The van der Waals surface area contributed by atoms with E-state index in [2.05, 4.69) is 75.7 Å². The van der Waals surface area contributed by atoms with E-state index in [0.717, 1.165) is 48.0 Å². The van der Waals surface area contributed by atoms with Gasteiger partial charge in [0.15, 0.2) is 0 Å². The van der Waals surface area contributed by atoms with E-state index < -0.39 is 13.6 Å². The molecular formula is C48H49N12Zn. The van der Waals surface area contributed by atoms with Crippen molar-refractivity contribution in [3.63, 3.8) is 0 Å². The molecule has 13 heteroatoms. The van der Waals surface area contributed by atoms with E-state index in [1.165, 1.54) is 0 Å². The molecule has 0 amide bonds. The molecule has 6 N–H and O–H groups in total. The summed E-state index contributed by atoms with van der Waals surface area (Å²) in [6.45, 7) is 18.0. The fourth-order valence-corrected chi connectivity index (χ4v) is 41.5. The van der Waals surface area contributed by atoms with Gasteiger partial charge in [0.05, 0.1) is 0 Å². The molecule has 8 bridgehead atoms. The normalized spacial score (nSPS) is 14.4. The van der Waals surface area contributed by atoms with E-state index in [1.54, 1.807) is 0 Å². The molecule has 9 rings (SSSR count). The second kappa shape index (κ2) is 15.6. The van der Waals surface area contributed by atoms with Gasteiger partial charge in [-0.1, -0.05) is 6.07 Å². The van der Waals surface area contributed by atoms with E-state index in [9.17, 15) is 0 Å². The van der Waals surface area contributed by atoms with Crippen molar-refractivity contribution in [3.05, 3.63) is 142 Å². The maximum atomic E-state index is 5.51. The van der Waals surface area contributed by atoms with Crippen molar-refractivity contribution in [2.24, 2.45) is 0 Å². The average Bonchev–Trinajstić information content (AvgIpc) is 4.03. The van der Waals surface area contributed by atoms with Gasteiger partial charge in [-0.25, -0.2) is 0 Å². The fraction of sp³-hybridized carbons (Fsp3) is 0.167. The molecule has 303 valence electrons. The molecule has 4 atom stereocenters. The van der Waals surface area contributed by atoms with Gasteiger partial charge >= 0.3 is 351 Å². The first-order chi connectivity index (χ1) is 29.8. The summed E-state index contributed by atoms with van der Waals surface area (Å²) in [4.78, 5) is 38.8. The second-order valence-corrected chi connectivity index (χ2v) is 35.2. The molecular weight excluding hydrogens is 810 g/mol. The second-order valence-electron chi connectivity index (χ2n) is 16.8. The first-order valence-electron chi connectivity index (χ1n) is 21.0. The zero-order valence-corrected chi connectivity index (χ0v) is 38.0. The third-order valence-corrected chi connectivity index (χ3v) is 42.7. The van der Waals surface area contributed by atoms with Gasteiger partial charge < -0.3 is 0 Å². The van der Waals surface area contributed by atoms with Gasteiger partial charge in [0.2, 0.25) is 0 Å². The van der Waals surface area contributed by atoms with Crippen LogP contribution in [0.25, 0.3) is 89.7 Å². The van der Waals surface area contributed by atoms with Crippen LogP contribution in [-0.2, 0) is 13.6 Å². The van der Waals surface area contributed by atoms with E-state index in [0.29, 0.717) is 45.9 Å². The van der Waals surface area contributed by atoms with Crippen molar-refractivity contribution < 1.29 is 13.6 Å². The number of fused-ring (bicyclic) bond motifs is 20. The molecule has 0 fully saturated rings. The quantitative estimate of drug-likeness (QED) is 0.0522. The van der Waals surface area contributed by atoms with Crippen LogP contribution in [0.15, 0.2) is 142 Å². The number of aromatic nitrogens is 8. The zero-order valence-electron chi connectivity index (χ0n) is 35.0. The first kappa shape index (κ1) is 40.1. The van der Waals surface area contributed by atoms with Gasteiger partial charge in [0.1, 0.15) is 0 Å². The Morgan fingerprint density at radius 1 is 0.426 bits per heavy atom. The van der Waals surface area contributed by atoms with Crippen molar-refractivity contribution in [2.75, 3.05) is 28.2 Å².